The number of halogens is 4. The van der Waals surface area contributed by atoms with E-state index < -0.39 is 36.0 Å². The number of anilines is 1. The third kappa shape index (κ3) is 3.97. The fraction of sp³-hybridized carbons (Fsp3) is 0.286. The molecule has 0 bridgehead atoms. The van der Waals surface area contributed by atoms with Gasteiger partial charge in [0.25, 0.3) is 0 Å². The predicted molar refractivity (Wildman–Crippen MR) is 102 cm³/mol. The van der Waals surface area contributed by atoms with E-state index >= 15 is 0 Å². The van der Waals surface area contributed by atoms with Crippen LogP contribution in [-0.4, -0.2) is 33.3 Å². The quantitative estimate of drug-likeness (QED) is 0.611. The Labute approximate surface area is 168 Å². The van der Waals surface area contributed by atoms with Gasteiger partial charge in [-0.25, -0.2) is 9.37 Å². The van der Waals surface area contributed by atoms with Crippen LogP contribution in [0.3, 0.4) is 0 Å². The Morgan fingerprint density at radius 2 is 1.90 bits per heavy atom. The fourth-order valence-electron chi connectivity index (χ4n) is 3.23. The van der Waals surface area contributed by atoms with Crippen LogP contribution in [0, 0.1) is 12.8 Å². The Kier molecular flexibility index (Phi) is 4.93. The van der Waals surface area contributed by atoms with Crippen molar-refractivity contribution in [2.75, 3.05) is 5.32 Å². The number of aryl methyl sites for hydroxylation is 1. The zero-order chi connectivity index (χ0) is 21.6. The second-order valence-corrected chi connectivity index (χ2v) is 7.35. The number of hydrogen-bond acceptors (Lipinski definition) is 4. The predicted octanol–water partition coefficient (Wildman–Crippen LogP) is 4.50. The number of alkyl halides is 4. The van der Waals surface area contributed by atoms with Gasteiger partial charge in [0.2, 0.25) is 5.91 Å². The monoisotopic (exact) mass is 419 g/mol. The van der Waals surface area contributed by atoms with Crippen LogP contribution in [0.25, 0.3) is 21.9 Å². The van der Waals surface area contributed by atoms with Gasteiger partial charge in [0.05, 0.1) is 11.6 Å². The van der Waals surface area contributed by atoms with Crippen molar-refractivity contribution in [1.82, 2.24) is 9.97 Å². The molecule has 1 amide bonds. The van der Waals surface area contributed by atoms with E-state index in [1.54, 1.807) is 37.4 Å². The van der Waals surface area contributed by atoms with E-state index in [-0.39, 0.29) is 6.42 Å². The molecule has 156 valence electrons. The van der Waals surface area contributed by atoms with Gasteiger partial charge in [-0.2, -0.15) is 13.2 Å². The summed E-state index contributed by atoms with van der Waals surface area (Å²) in [4.78, 5) is 19.8. The average Bonchev–Trinajstić information content (AvgIpc) is 3.43. The Bertz CT molecular complexity index is 1130. The van der Waals surface area contributed by atoms with E-state index in [0.29, 0.717) is 16.9 Å². The number of pyridine rings is 2. The number of aliphatic hydroxyl groups is 1. The molecule has 0 saturated heterocycles. The van der Waals surface area contributed by atoms with Crippen molar-refractivity contribution in [2.45, 2.75) is 31.8 Å². The summed E-state index contributed by atoms with van der Waals surface area (Å²) < 4.78 is 51.1. The third-order valence-corrected chi connectivity index (χ3v) is 5.06. The number of carbonyl (C=O) groups is 1. The molecule has 5 nitrogen and oxygen atoms in total. The number of hydrogen-bond donors (Lipinski definition) is 2. The van der Waals surface area contributed by atoms with E-state index in [0.717, 1.165) is 16.3 Å². The Balaban J connectivity index is 1.59. The molecule has 2 N–H and O–H groups in total. The first-order valence-corrected chi connectivity index (χ1v) is 9.20. The number of aromatic nitrogens is 2. The maximum absolute atomic E-state index is 13.0. The number of nitrogens with one attached hydrogen (secondary N) is 1. The highest BCUT2D eigenvalue weighted by Crippen LogP contribution is 2.35. The third-order valence-electron chi connectivity index (χ3n) is 5.06. The molecule has 1 saturated carbocycles. The molecular formula is C21H17F4N3O2. The number of rotatable bonds is 4. The molecule has 30 heavy (non-hydrogen) atoms. The van der Waals surface area contributed by atoms with Crippen molar-refractivity contribution in [3.63, 3.8) is 0 Å². The molecule has 9 heteroatoms. The van der Waals surface area contributed by atoms with E-state index in [1.165, 1.54) is 12.3 Å². The van der Waals surface area contributed by atoms with Gasteiger partial charge >= 0.3 is 6.18 Å². The number of carbonyl (C=O) groups excluding carboxylic acids is 1. The molecule has 1 aliphatic rings. The summed E-state index contributed by atoms with van der Waals surface area (Å²) in [5.74, 6) is -0.685. The summed E-state index contributed by atoms with van der Waals surface area (Å²) in [6.07, 6.45) is -5.43. The van der Waals surface area contributed by atoms with Crippen LogP contribution in [0.1, 0.15) is 23.8 Å². The number of nitrogens with zero attached hydrogens (tertiary/aromatic N) is 2. The highest BCUT2D eigenvalue weighted by molar-refractivity contribution is 5.96. The van der Waals surface area contributed by atoms with Crippen molar-refractivity contribution in [1.29, 1.82) is 0 Å². The molecule has 1 aromatic carbocycles. The van der Waals surface area contributed by atoms with Gasteiger partial charge in [-0.3, -0.25) is 9.78 Å². The van der Waals surface area contributed by atoms with Crippen LogP contribution < -0.4 is 5.32 Å². The maximum Gasteiger partial charge on any atom is 0.420 e. The molecule has 0 aliphatic heterocycles. The van der Waals surface area contributed by atoms with Crippen molar-refractivity contribution < 1.29 is 27.5 Å². The lowest BCUT2D eigenvalue weighted by Gasteiger charge is -2.15. The van der Waals surface area contributed by atoms with Crippen LogP contribution in [-0.2, 0) is 4.79 Å². The lowest BCUT2D eigenvalue weighted by Crippen LogP contribution is -2.21. The first-order valence-electron chi connectivity index (χ1n) is 9.20. The summed E-state index contributed by atoms with van der Waals surface area (Å²) in [5, 5.41) is 13.5. The van der Waals surface area contributed by atoms with Gasteiger partial charge in [-0.05, 0) is 48.1 Å². The van der Waals surface area contributed by atoms with Gasteiger partial charge < -0.3 is 10.4 Å². The molecule has 3 aromatic rings. The summed E-state index contributed by atoms with van der Waals surface area (Å²) in [6.45, 7) is 1.64. The van der Waals surface area contributed by atoms with Crippen LogP contribution in [0.2, 0.25) is 0 Å². The highest BCUT2D eigenvalue weighted by atomic mass is 19.4. The zero-order valence-electron chi connectivity index (χ0n) is 15.7. The van der Waals surface area contributed by atoms with Crippen molar-refractivity contribution in [2.24, 2.45) is 5.92 Å². The minimum Gasteiger partial charge on any atom is -0.378 e. The average molecular weight is 419 g/mol. The van der Waals surface area contributed by atoms with Crippen molar-refractivity contribution in [3.8, 4) is 11.1 Å². The molecule has 1 unspecified atom stereocenters. The van der Waals surface area contributed by atoms with Crippen molar-refractivity contribution in [3.05, 3.63) is 54.0 Å². The molecule has 3 atom stereocenters. The number of benzene rings is 1. The number of aliphatic hydroxyl groups excluding tert-OH is 1. The van der Waals surface area contributed by atoms with E-state index in [4.69, 9.17) is 0 Å². The molecular weight excluding hydrogens is 402 g/mol. The standard InChI is InChI=1S/C21H17F4N3O2/c1-10-4-17(19(29)21(23,24)25)26-9-15(10)12-3-2-11-6-18(27-8-13(11)5-12)28-20(30)14-7-16(14)22/h2-6,8-9,14,16,19,29H,7H2,1H3,(H,27,28,30)/t14?,16-,19-/m0/s1. The smallest absolute Gasteiger partial charge is 0.378 e. The zero-order valence-corrected chi connectivity index (χ0v) is 15.7. The molecule has 0 radical (unpaired) electrons. The van der Waals surface area contributed by atoms with Gasteiger partial charge in [0, 0.05) is 23.3 Å². The van der Waals surface area contributed by atoms with E-state index in [2.05, 4.69) is 15.3 Å². The Hall–Kier alpha value is -3.07. The fourth-order valence-corrected chi connectivity index (χ4v) is 3.23. The van der Waals surface area contributed by atoms with E-state index in [9.17, 15) is 27.5 Å². The SMILES string of the molecule is Cc1cc([C@H](O)C(F)(F)F)ncc1-c1ccc2cc(NC(=O)C3C[C@@H]3F)ncc2c1. The molecule has 2 heterocycles. The largest absolute Gasteiger partial charge is 0.420 e. The van der Waals surface area contributed by atoms with E-state index in [1.807, 2.05) is 0 Å². The highest BCUT2D eigenvalue weighted by Gasteiger charge is 2.43. The van der Waals surface area contributed by atoms with Crippen molar-refractivity contribution >= 4 is 22.5 Å². The second-order valence-electron chi connectivity index (χ2n) is 7.35. The molecule has 1 fully saturated rings. The van der Waals surface area contributed by atoms with Crippen LogP contribution in [0.4, 0.5) is 23.4 Å². The van der Waals surface area contributed by atoms with Gasteiger partial charge in [-0.15, -0.1) is 0 Å². The minimum atomic E-state index is -4.78. The number of amides is 1. The van der Waals surface area contributed by atoms with Gasteiger partial charge in [-0.1, -0.05) is 12.1 Å². The first-order chi connectivity index (χ1) is 14.1. The van der Waals surface area contributed by atoms with Crippen LogP contribution >= 0.6 is 0 Å². The Morgan fingerprint density at radius 1 is 1.17 bits per heavy atom. The van der Waals surface area contributed by atoms with Crippen LogP contribution in [0.15, 0.2) is 42.7 Å². The summed E-state index contributed by atoms with van der Waals surface area (Å²) in [6, 6.07) is 8.24. The molecule has 1 aliphatic carbocycles. The molecule has 0 spiro atoms. The first kappa shape index (κ1) is 20.2. The molecule has 4 rings (SSSR count). The van der Waals surface area contributed by atoms with Gasteiger partial charge in [0.1, 0.15) is 12.0 Å². The second kappa shape index (κ2) is 7.32. The summed E-state index contributed by atoms with van der Waals surface area (Å²) in [7, 11) is 0. The topological polar surface area (TPSA) is 75.1 Å². The lowest BCUT2D eigenvalue weighted by molar-refractivity contribution is -0.207. The van der Waals surface area contributed by atoms with Crippen LogP contribution in [0.5, 0.6) is 0 Å². The normalized spacial score (nSPS) is 19.5. The maximum atomic E-state index is 13.0. The minimum absolute atomic E-state index is 0.231. The summed E-state index contributed by atoms with van der Waals surface area (Å²) in [5.41, 5.74) is 1.41. The summed E-state index contributed by atoms with van der Waals surface area (Å²) >= 11 is 0. The van der Waals surface area contributed by atoms with Gasteiger partial charge in [0.15, 0.2) is 6.10 Å². The Morgan fingerprint density at radius 3 is 2.53 bits per heavy atom. The lowest BCUT2D eigenvalue weighted by atomic mass is 9.99. The molecule has 2 aromatic heterocycles. The number of fused-ring (bicyclic) bond motifs is 1.